The Hall–Kier alpha value is -1.98. The molecule has 0 aliphatic carbocycles. The van der Waals surface area contributed by atoms with Crippen molar-refractivity contribution < 1.29 is 23.5 Å². The second-order valence-corrected chi connectivity index (χ2v) is 5.47. The summed E-state index contributed by atoms with van der Waals surface area (Å²) >= 11 is 0. The third-order valence-electron chi connectivity index (χ3n) is 3.93. The fourth-order valence-electron chi connectivity index (χ4n) is 2.87. The van der Waals surface area contributed by atoms with Gasteiger partial charge >= 0.3 is 5.97 Å². The molecule has 1 aromatic carbocycles. The van der Waals surface area contributed by atoms with Crippen molar-refractivity contribution in [1.29, 1.82) is 0 Å². The van der Waals surface area contributed by atoms with Crippen LogP contribution >= 0.6 is 0 Å². The van der Waals surface area contributed by atoms with E-state index in [2.05, 4.69) is 0 Å². The summed E-state index contributed by atoms with van der Waals surface area (Å²) in [7, 11) is 0. The number of carbonyl (C=O) groups excluding carboxylic acids is 1. The van der Waals surface area contributed by atoms with Crippen LogP contribution in [-0.2, 0) is 4.79 Å². The van der Waals surface area contributed by atoms with Crippen LogP contribution in [0.25, 0.3) is 0 Å². The van der Waals surface area contributed by atoms with Gasteiger partial charge < -0.3 is 10.0 Å². The van der Waals surface area contributed by atoms with E-state index in [-0.39, 0.29) is 18.7 Å². The van der Waals surface area contributed by atoms with Gasteiger partial charge in [0.1, 0.15) is 11.6 Å². The first kappa shape index (κ1) is 15.4. The van der Waals surface area contributed by atoms with Crippen molar-refractivity contribution in [1.82, 2.24) is 4.90 Å². The molecule has 2 rings (SSSR count). The second kappa shape index (κ2) is 5.79. The molecule has 1 aliphatic heterocycles. The topological polar surface area (TPSA) is 57.6 Å². The molecule has 1 fully saturated rings. The Balaban J connectivity index is 2.20. The molecular formula is C15H17F2NO3. The van der Waals surface area contributed by atoms with Gasteiger partial charge in [-0.2, -0.15) is 0 Å². The molecular weight excluding hydrogens is 280 g/mol. The molecule has 21 heavy (non-hydrogen) atoms. The number of carbonyl (C=O) groups is 2. The molecule has 0 saturated carbocycles. The molecule has 1 heterocycles. The predicted octanol–water partition coefficient (Wildman–Crippen LogP) is 2.68. The number of nitrogens with zero attached hydrogens (tertiary/aromatic N) is 1. The highest BCUT2D eigenvalue weighted by Crippen LogP contribution is 2.36. The summed E-state index contributed by atoms with van der Waals surface area (Å²) in [5.74, 6) is -3.11. The predicted molar refractivity (Wildman–Crippen MR) is 71.9 cm³/mol. The highest BCUT2D eigenvalue weighted by atomic mass is 19.1. The van der Waals surface area contributed by atoms with Crippen molar-refractivity contribution in [2.75, 3.05) is 13.1 Å². The van der Waals surface area contributed by atoms with Crippen LogP contribution in [0.15, 0.2) is 18.2 Å². The normalized spacial score (nSPS) is 21.6. The molecule has 1 saturated heterocycles. The molecule has 1 unspecified atom stereocenters. The lowest BCUT2D eigenvalue weighted by Crippen LogP contribution is -2.37. The zero-order valence-corrected chi connectivity index (χ0v) is 11.7. The monoisotopic (exact) mass is 297 g/mol. The van der Waals surface area contributed by atoms with Gasteiger partial charge in [-0.05, 0) is 25.0 Å². The summed E-state index contributed by atoms with van der Waals surface area (Å²) in [5.41, 5.74) is -1.04. The maximum absolute atomic E-state index is 13.2. The Morgan fingerprint density at radius 3 is 2.43 bits per heavy atom. The number of hydrogen-bond acceptors (Lipinski definition) is 2. The number of benzene rings is 1. The summed E-state index contributed by atoms with van der Waals surface area (Å²) in [6.45, 7) is 2.24. The van der Waals surface area contributed by atoms with E-state index in [1.54, 1.807) is 0 Å². The van der Waals surface area contributed by atoms with Gasteiger partial charge in [0.25, 0.3) is 5.91 Å². The minimum atomic E-state index is -0.948. The molecule has 1 atom stereocenters. The summed E-state index contributed by atoms with van der Waals surface area (Å²) in [6.07, 6.45) is 1.53. The number of carboxylic acids is 1. The van der Waals surface area contributed by atoms with Crippen LogP contribution in [0.4, 0.5) is 8.78 Å². The zero-order chi connectivity index (χ0) is 15.6. The van der Waals surface area contributed by atoms with Crippen LogP contribution < -0.4 is 0 Å². The van der Waals surface area contributed by atoms with Crippen LogP contribution in [0, 0.1) is 17.0 Å². The van der Waals surface area contributed by atoms with Gasteiger partial charge in [-0.25, -0.2) is 8.78 Å². The molecule has 0 bridgehead atoms. The molecule has 0 spiro atoms. The van der Waals surface area contributed by atoms with E-state index in [1.165, 1.54) is 4.90 Å². The average molecular weight is 297 g/mol. The maximum Gasteiger partial charge on any atom is 0.311 e. The number of rotatable bonds is 4. The third-order valence-corrected chi connectivity index (χ3v) is 3.93. The molecule has 4 nitrogen and oxygen atoms in total. The molecule has 0 aromatic heterocycles. The number of amides is 1. The van der Waals surface area contributed by atoms with Crippen molar-refractivity contribution in [2.24, 2.45) is 5.41 Å². The molecule has 1 N–H and O–H groups in total. The van der Waals surface area contributed by atoms with Crippen LogP contribution in [-0.4, -0.2) is 35.0 Å². The Labute approximate surface area is 121 Å². The van der Waals surface area contributed by atoms with Crippen LogP contribution in [0.2, 0.25) is 0 Å². The Kier molecular flexibility index (Phi) is 4.25. The minimum absolute atomic E-state index is 0.0765. The van der Waals surface area contributed by atoms with E-state index >= 15 is 0 Å². The highest BCUT2D eigenvalue weighted by molar-refractivity contribution is 5.95. The first-order chi connectivity index (χ1) is 9.88. The zero-order valence-electron chi connectivity index (χ0n) is 11.7. The van der Waals surface area contributed by atoms with Gasteiger partial charge in [0.2, 0.25) is 0 Å². The Bertz CT molecular complexity index is 556. The molecule has 1 amide bonds. The van der Waals surface area contributed by atoms with Crippen molar-refractivity contribution in [2.45, 2.75) is 26.2 Å². The Morgan fingerprint density at radius 1 is 1.29 bits per heavy atom. The van der Waals surface area contributed by atoms with Crippen LogP contribution in [0.1, 0.15) is 36.5 Å². The van der Waals surface area contributed by atoms with Gasteiger partial charge in [0.15, 0.2) is 0 Å². The smallest absolute Gasteiger partial charge is 0.311 e. The average Bonchev–Trinajstić information content (AvgIpc) is 2.83. The van der Waals surface area contributed by atoms with Gasteiger partial charge in [0, 0.05) is 24.7 Å². The van der Waals surface area contributed by atoms with Crippen molar-refractivity contribution in [3.63, 3.8) is 0 Å². The molecule has 6 heteroatoms. The van der Waals surface area contributed by atoms with Gasteiger partial charge in [0.05, 0.1) is 5.41 Å². The first-order valence-corrected chi connectivity index (χ1v) is 6.87. The summed E-state index contributed by atoms with van der Waals surface area (Å²) < 4.78 is 26.3. The molecule has 114 valence electrons. The molecule has 1 aliphatic rings. The Morgan fingerprint density at radius 2 is 1.90 bits per heavy atom. The number of carboxylic acid groups (broad SMARTS) is 1. The molecule has 1 aromatic rings. The van der Waals surface area contributed by atoms with Gasteiger partial charge in [-0.15, -0.1) is 0 Å². The fraction of sp³-hybridized carbons (Fsp3) is 0.467. The van der Waals surface area contributed by atoms with Crippen molar-refractivity contribution in [3.8, 4) is 0 Å². The van der Waals surface area contributed by atoms with Crippen molar-refractivity contribution in [3.05, 3.63) is 35.4 Å². The van der Waals surface area contributed by atoms with Crippen LogP contribution in [0.5, 0.6) is 0 Å². The second-order valence-electron chi connectivity index (χ2n) is 5.47. The highest BCUT2D eigenvalue weighted by Gasteiger charge is 2.45. The first-order valence-electron chi connectivity index (χ1n) is 6.87. The van der Waals surface area contributed by atoms with Gasteiger partial charge in [-0.1, -0.05) is 13.3 Å². The fourth-order valence-corrected chi connectivity index (χ4v) is 2.87. The summed E-state index contributed by atoms with van der Waals surface area (Å²) in [5, 5.41) is 9.40. The standard InChI is InChI=1S/C15H17F2NO3/c1-2-3-15(14(20)21)4-5-18(9-15)13(19)10-6-11(16)8-12(17)7-10/h6-8H,2-5,9H2,1H3,(H,20,21). The van der Waals surface area contributed by atoms with E-state index in [0.29, 0.717) is 25.3 Å². The number of likely N-dealkylation sites (tertiary alicyclic amines) is 1. The number of hydrogen-bond donors (Lipinski definition) is 1. The van der Waals surface area contributed by atoms with E-state index in [4.69, 9.17) is 0 Å². The maximum atomic E-state index is 13.2. The molecule has 0 radical (unpaired) electrons. The lowest BCUT2D eigenvalue weighted by atomic mass is 9.83. The van der Waals surface area contributed by atoms with Crippen LogP contribution in [0.3, 0.4) is 0 Å². The van der Waals surface area contributed by atoms with E-state index in [1.807, 2.05) is 6.92 Å². The van der Waals surface area contributed by atoms with Crippen molar-refractivity contribution >= 4 is 11.9 Å². The summed E-state index contributed by atoms with van der Waals surface area (Å²) in [4.78, 5) is 25.1. The van der Waals surface area contributed by atoms with E-state index in [0.717, 1.165) is 12.1 Å². The van der Waals surface area contributed by atoms with Gasteiger partial charge in [-0.3, -0.25) is 9.59 Å². The lowest BCUT2D eigenvalue weighted by Gasteiger charge is -2.24. The third kappa shape index (κ3) is 3.04. The largest absolute Gasteiger partial charge is 0.481 e. The van der Waals surface area contributed by atoms with E-state index in [9.17, 15) is 23.5 Å². The lowest BCUT2D eigenvalue weighted by molar-refractivity contribution is -0.148. The number of halogens is 2. The SMILES string of the molecule is CCCC1(C(=O)O)CCN(C(=O)c2cc(F)cc(F)c2)C1. The summed E-state index contributed by atoms with van der Waals surface area (Å²) in [6, 6.07) is 2.62. The quantitative estimate of drug-likeness (QED) is 0.929. The number of aliphatic carboxylic acids is 1. The van der Waals surface area contributed by atoms with E-state index < -0.39 is 28.9 Å². The minimum Gasteiger partial charge on any atom is -0.481 e.